The minimum Gasteiger partial charge on any atom is -0.449 e. The standard InChI is InChI=1S/C17H21N3O4/c1-19-7-9-20(10-8-19)17(22)16-15(18-14(21)11-23-2)12-5-3-4-6-13(12)24-16/h3-6H,7-11H2,1-2H3,(H,18,21). The molecule has 0 radical (unpaired) electrons. The predicted molar refractivity (Wildman–Crippen MR) is 90.1 cm³/mol. The first-order valence-electron chi connectivity index (χ1n) is 7.88. The number of amides is 2. The Morgan fingerprint density at radius 2 is 1.92 bits per heavy atom. The molecule has 24 heavy (non-hydrogen) atoms. The highest BCUT2D eigenvalue weighted by molar-refractivity contribution is 6.11. The topological polar surface area (TPSA) is 75.0 Å². The maximum absolute atomic E-state index is 12.9. The molecule has 3 rings (SSSR count). The molecule has 1 N–H and O–H groups in total. The molecule has 2 amide bonds. The zero-order valence-corrected chi connectivity index (χ0v) is 13.9. The van der Waals surface area contributed by atoms with Crippen molar-refractivity contribution in [2.24, 2.45) is 0 Å². The lowest BCUT2D eigenvalue weighted by molar-refractivity contribution is -0.119. The normalized spacial score (nSPS) is 15.7. The van der Waals surface area contributed by atoms with Crippen molar-refractivity contribution in [3.8, 4) is 0 Å². The van der Waals surface area contributed by atoms with E-state index in [1.807, 2.05) is 25.2 Å². The van der Waals surface area contributed by atoms with Crippen molar-refractivity contribution in [3.05, 3.63) is 30.0 Å². The molecule has 1 aromatic carbocycles. The van der Waals surface area contributed by atoms with Crippen molar-refractivity contribution in [1.29, 1.82) is 0 Å². The fourth-order valence-electron chi connectivity index (χ4n) is 2.78. The molecule has 2 aromatic rings. The largest absolute Gasteiger partial charge is 0.449 e. The Labute approximate surface area is 140 Å². The molecule has 0 bridgehead atoms. The van der Waals surface area contributed by atoms with Crippen LogP contribution in [-0.2, 0) is 9.53 Å². The summed E-state index contributed by atoms with van der Waals surface area (Å²) in [5, 5.41) is 3.46. The Morgan fingerprint density at radius 1 is 1.21 bits per heavy atom. The first-order valence-corrected chi connectivity index (χ1v) is 7.88. The van der Waals surface area contributed by atoms with Gasteiger partial charge in [-0.3, -0.25) is 9.59 Å². The summed E-state index contributed by atoms with van der Waals surface area (Å²) in [7, 11) is 3.47. The Kier molecular flexibility index (Phi) is 4.82. The second-order valence-electron chi connectivity index (χ2n) is 5.88. The van der Waals surface area contributed by atoms with Gasteiger partial charge in [-0.05, 0) is 19.2 Å². The number of carbonyl (C=O) groups excluding carboxylic acids is 2. The van der Waals surface area contributed by atoms with Crippen LogP contribution in [0.5, 0.6) is 0 Å². The van der Waals surface area contributed by atoms with Crippen LogP contribution in [0.2, 0.25) is 0 Å². The molecule has 1 saturated heterocycles. The molecule has 7 nitrogen and oxygen atoms in total. The van der Waals surface area contributed by atoms with Gasteiger partial charge in [0.2, 0.25) is 11.7 Å². The van der Waals surface area contributed by atoms with E-state index in [1.165, 1.54) is 7.11 Å². The third-order valence-electron chi connectivity index (χ3n) is 4.12. The molecule has 128 valence electrons. The minimum atomic E-state index is -0.323. The number of nitrogens with one attached hydrogen (secondary N) is 1. The molecular formula is C17H21N3O4. The quantitative estimate of drug-likeness (QED) is 0.917. The van der Waals surface area contributed by atoms with E-state index in [9.17, 15) is 9.59 Å². The van der Waals surface area contributed by atoms with Gasteiger partial charge in [0, 0.05) is 38.7 Å². The molecule has 0 atom stereocenters. The van der Waals surface area contributed by atoms with E-state index >= 15 is 0 Å². The van der Waals surface area contributed by atoms with E-state index < -0.39 is 0 Å². The molecule has 1 aliphatic heterocycles. The third-order valence-corrected chi connectivity index (χ3v) is 4.12. The van der Waals surface area contributed by atoms with Gasteiger partial charge in [0.1, 0.15) is 17.9 Å². The summed E-state index contributed by atoms with van der Waals surface area (Å²) in [6.07, 6.45) is 0. The van der Waals surface area contributed by atoms with Gasteiger partial charge in [-0.2, -0.15) is 0 Å². The highest BCUT2D eigenvalue weighted by Gasteiger charge is 2.28. The number of carbonyl (C=O) groups is 2. The van der Waals surface area contributed by atoms with E-state index in [2.05, 4.69) is 10.2 Å². The van der Waals surface area contributed by atoms with Gasteiger partial charge in [-0.1, -0.05) is 12.1 Å². The molecule has 1 aromatic heterocycles. The van der Waals surface area contributed by atoms with Crippen LogP contribution in [0.4, 0.5) is 5.69 Å². The van der Waals surface area contributed by atoms with Crippen LogP contribution >= 0.6 is 0 Å². The molecule has 0 spiro atoms. The van der Waals surface area contributed by atoms with Crippen LogP contribution in [0.1, 0.15) is 10.6 Å². The van der Waals surface area contributed by atoms with Crippen LogP contribution in [0.25, 0.3) is 11.0 Å². The van der Waals surface area contributed by atoms with Crippen LogP contribution in [-0.4, -0.2) is 68.6 Å². The number of hydrogen-bond donors (Lipinski definition) is 1. The fraction of sp³-hybridized carbons (Fsp3) is 0.412. The molecule has 7 heteroatoms. The number of nitrogens with zero attached hydrogens (tertiary/aromatic N) is 2. The zero-order chi connectivity index (χ0) is 17.1. The van der Waals surface area contributed by atoms with Crippen LogP contribution in [0, 0.1) is 0 Å². The van der Waals surface area contributed by atoms with Crippen molar-refractivity contribution in [2.75, 3.05) is 52.3 Å². The van der Waals surface area contributed by atoms with Crippen molar-refractivity contribution in [1.82, 2.24) is 9.80 Å². The number of rotatable bonds is 4. The van der Waals surface area contributed by atoms with Gasteiger partial charge >= 0.3 is 0 Å². The highest BCUT2D eigenvalue weighted by atomic mass is 16.5. The molecular weight excluding hydrogens is 310 g/mol. The number of ether oxygens (including phenoxy) is 1. The average molecular weight is 331 g/mol. The zero-order valence-electron chi connectivity index (χ0n) is 13.9. The molecule has 1 fully saturated rings. The number of fused-ring (bicyclic) bond motifs is 1. The number of hydrogen-bond acceptors (Lipinski definition) is 5. The maximum Gasteiger partial charge on any atom is 0.291 e. The highest BCUT2D eigenvalue weighted by Crippen LogP contribution is 2.32. The van der Waals surface area contributed by atoms with Crippen LogP contribution in [0.3, 0.4) is 0 Å². The third kappa shape index (κ3) is 3.27. The number of para-hydroxylation sites is 1. The average Bonchev–Trinajstić information content (AvgIpc) is 2.94. The van der Waals surface area contributed by atoms with Crippen molar-refractivity contribution in [2.45, 2.75) is 0 Å². The molecule has 2 heterocycles. The Bertz CT molecular complexity index is 747. The SMILES string of the molecule is COCC(=O)Nc1c(C(=O)N2CCN(C)CC2)oc2ccccc12. The summed E-state index contributed by atoms with van der Waals surface area (Å²) in [5.41, 5.74) is 0.985. The molecule has 0 aliphatic carbocycles. The van der Waals surface area contributed by atoms with Gasteiger partial charge in [0.15, 0.2) is 0 Å². The van der Waals surface area contributed by atoms with Gasteiger partial charge in [0.05, 0.1) is 0 Å². The van der Waals surface area contributed by atoms with E-state index in [-0.39, 0.29) is 24.2 Å². The summed E-state index contributed by atoms with van der Waals surface area (Å²) in [5.74, 6) is -0.353. The number of furan rings is 1. The number of piperazine rings is 1. The van der Waals surface area contributed by atoms with Crippen LogP contribution in [0.15, 0.2) is 28.7 Å². The Balaban J connectivity index is 1.93. The van der Waals surface area contributed by atoms with Crippen molar-refractivity contribution < 1.29 is 18.7 Å². The lowest BCUT2D eigenvalue weighted by Gasteiger charge is -2.31. The Morgan fingerprint density at radius 3 is 2.62 bits per heavy atom. The lowest BCUT2D eigenvalue weighted by atomic mass is 10.2. The summed E-state index contributed by atoms with van der Waals surface area (Å²) in [4.78, 5) is 28.7. The first kappa shape index (κ1) is 16.5. The molecule has 0 saturated carbocycles. The molecule has 1 aliphatic rings. The summed E-state index contributed by atoms with van der Waals surface area (Å²) in [6.45, 7) is 2.83. The van der Waals surface area contributed by atoms with Crippen molar-refractivity contribution in [3.63, 3.8) is 0 Å². The van der Waals surface area contributed by atoms with E-state index in [0.717, 1.165) is 13.1 Å². The monoisotopic (exact) mass is 331 g/mol. The number of likely N-dealkylation sites (N-methyl/N-ethyl adjacent to an activating group) is 1. The number of anilines is 1. The van der Waals surface area contributed by atoms with E-state index in [0.29, 0.717) is 29.7 Å². The first-order chi connectivity index (χ1) is 11.6. The number of methoxy groups -OCH3 is 1. The summed E-state index contributed by atoms with van der Waals surface area (Å²) < 4.78 is 10.6. The summed E-state index contributed by atoms with van der Waals surface area (Å²) in [6, 6.07) is 7.27. The predicted octanol–water partition coefficient (Wildman–Crippen LogP) is 1.41. The van der Waals surface area contributed by atoms with E-state index in [1.54, 1.807) is 11.0 Å². The van der Waals surface area contributed by atoms with Crippen molar-refractivity contribution >= 4 is 28.5 Å². The van der Waals surface area contributed by atoms with Crippen LogP contribution < -0.4 is 5.32 Å². The fourth-order valence-corrected chi connectivity index (χ4v) is 2.78. The number of benzene rings is 1. The second kappa shape index (κ2) is 7.02. The van der Waals surface area contributed by atoms with Gasteiger partial charge in [-0.25, -0.2) is 0 Å². The Hall–Kier alpha value is -2.38. The lowest BCUT2D eigenvalue weighted by Crippen LogP contribution is -2.47. The second-order valence-corrected chi connectivity index (χ2v) is 5.88. The van der Waals surface area contributed by atoms with Gasteiger partial charge in [0.25, 0.3) is 5.91 Å². The smallest absolute Gasteiger partial charge is 0.291 e. The maximum atomic E-state index is 12.9. The molecule has 0 unspecified atom stereocenters. The van der Waals surface area contributed by atoms with Gasteiger partial charge < -0.3 is 24.3 Å². The minimum absolute atomic E-state index is 0.0817. The summed E-state index contributed by atoms with van der Waals surface area (Å²) >= 11 is 0. The van der Waals surface area contributed by atoms with E-state index in [4.69, 9.17) is 9.15 Å². The van der Waals surface area contributed by atoms with Gasteiger partial charge in [-0.15, -0.1) is 0 Å².